The molecule has 2 N–H and O–H groups in total. The number of carbonyl (C=O) groups is 1. The summed E-state index contributed by atoms with van der Waals surface area (Å²) in [4.78, 5) is 11.8. The number of aliphatic hydroxyl groups is 1. The molecule has 0 bridgehead atoms. The molecule has 0 aliphatic rings. The van der Waals surface area contributed by atoms with Gasteiger partial charge in [0.1, 0.15) is 5.83 Å². The Bertz CT molecular complexity index is 233. The standard InChI is InChI=1S/C9H16FNO3/c1-9(2,3)11(8(13)14)5-4-7(10)6-12/h4,12H,5-6H2,1-3H3,(H,13,14)/b7-4-. The fraction of sp³-hybridized carbons (Fsp3) is 0.667. The van der Waals surface area contributed by atoms with E-state index in [0.717, 1.165) is 11.0 Å². The van der Waals surface area contributed by atoms with Gasteiger partial charge in [-0.3, -0.25) is 4.90 Å². The minimum Gasteiger partial charge on any atom is -0.465 e. The Morgan fingerprint density at radius 2 is 2.00 bits per heavy atom. The molecular formula is C9H16FNO3. The maximum Gasteiger partial charge on any atom is 0.408 e. The van der Waals surface area contributed by atoms with Gasteiger partial charge in [0, 0.05) is 12.1 Å². The van der Waals surface area contributed by atoms with Crippen molar-refractivity contribution in [3.8, 4) is 0 Å². The summed E-state index contributed by atoms with van der Waals surface area (Å²) in [5.41, 5.74) is -0.585. The highest BCUT2D eigenvalue weighted by Crippen LogP contribution is 2.13. The van der Waals surface area contributed by atoms with E-state index in [1.165, 1.54) is 0 Å². The van der Waals surface area contributed by atoms with Crippen LogP contribution in [-0.2, 0) is 0 Å². The van der Waals surface area contributed by atoms with Crippen LogP contribution in [0.15, 0.2) is 11.9 Å². The second-order valence-corrected chi connectivity index (χ2v) is 3.87. The maximum atomic E-state index is 12.5. The van der Waals surface area contributed by atoms with Crippen LogP contribution >= 0.6 is 0 Å². The predicted octanol–water partition coefficient (Wildman–Crippen LogP) is 1.61. The summed E-state index contributed by atoms with van der Waals surface area (Å²) in [5, 5.41) is 17.2. The van der Waals surface area contributed by atoms with Gasteiger partial charge < -0.3 is 10.2 Å². The van der Waals surface area contributed by atoms with Crippen LogP contribution in [0.4, 0.5) is 9.18 Å². The second kappa shape index (κ2) is 4.95. The van der Waals surface area contributed by atoms with Crippen molar-refractivity contribution in [2.75, 3.05) is 13.2 Å². The molecule has 0 fully saturated rings. The lowest BCUT2D eigenvalue weighted by Gasteiger charge is -2.32. The Hall–Kier alpha value is -1.10. The van der Waals surface area contributed by atoms with Gasteiger partial charge in [0.2, 0.25) is 0 Å². The molecule has 0 heterocycles. The van der Waals surface area contributed by atoms with Gasteiger partial charge in [0.15, 0.2) is 0 Å². The van der Waals surface area contributed by atoms with Crippen molar-refractivity contribution in [3.63, 3.8) is 0 Å². The van der Waals surface area contributed by atoms with Crippen molar-refractivity contribution in [1.82, 2.24) is 4.90 Å². The van der Waals surface area contributed by atoms with Gasteiger partial charge in [-0.2, -0.15) is 0 Å². The summed E-state index contributed by atoms with van der Waals surface area (Å²) >= 11 is 0. The van der Waals surface area contributed by atoms with Crippen LogP contribution < -0.4 is 0 Å². The van der Waals surface area contributed by atoms with E-state index >= 15 is 0 Å². The highest BCUT2D eigenvalue weighted by atomic mass is 19.1. The van der Waals surface area contributed by atoms with Gasteiger partial charge in [0.25, 0.3) is 0 Å². The molecule has 0 atom stereocenters. The van der Waals surface area contributed by atoms with E-state index in [-0.39, 0.29) is 6.54 Å². The van der Waals surface area contributed by atoms with Crippen LogP contribution in [0.25, 0.3) is 0 Å². The number of hydrogen-bond acceptors (Lipinski definition) is 2. The van der Waals surface area contributed by atoms with Crippen molar-refractivity contribution in [2.24, 2.45) is 0 Å². The van der Waals surface area contributed by atoms with E-state index in [9.17, 15) is 9.18 Å². The zero-order chi connectivity index (χ0) is 11.4. The Kier molecular flexibility index (Phi) is 4.56. The van der Waals surface area contributed by atoms with E-state index in [2.05, 4.69) is 0 Å². The smallest absolute Gasteiger partial charge is 0.408 e. The van der Waals surface area contributed by atoms with Crippen molar-refractivity contribution >= 4 is 6.09 Å². The zero-order valence-corrected chi connectivity index (χ0v) is 8.62. The fourth-order valence-corrected chi connectivity index (χ4v) is 0.894. The first kappa shape index (κ1) is 12.9. The minimum absolute atomic E-state index is 0.0643. The van der Waals surface area contributed by atoms with E-state index in [0.29, 0.717) is 0 Å². The van der Waals surface area contributed by atoms with Crippen molar-refractivity contribution < 1.29 is 19.4 Å². The van der Waals surface area contributed by atoms with E-state index in [4.69, 9.17) is 10.2 Å². The molecule has 0 radical (unpaired) electrons. The number of halogens is 1. The van der Waals surface area contributed by atoms with Crippen LogP contribution in [-0.4, -0.2) is 39.9 Å². The van der Waals surface area contributed by atoms with Crippen molar-refractivity contribution in [1.29, 1.82) is 0 Å². The molecule has 0 rings (SSSR count). The van der Waals surface area contributed by atoms with Gasteiger partial charge in [-0.1, -0.05) is 0 Å². The average molecular weight is 205 g/mol. The molecule has 0 saturated heterocycles. The van der Waals surface area contributed by atoms with Crippen LogP contribution in [0, 0.1) is 0 Å². The van der Waals surface area contributed by atoms with E-state index in [1.54, 1.807) is 20.8 Å². The zero-order valence-electron chi connectivity index (χ0n) is 8.62. The van der Waals surface area contributed by atoms with Crippen molar-refractivity contribution in [3.05, 3.63) is 11.9 Å². The molecule has 1 amide bonds. The number of aliphatic hydroxyl groups excluding tert-OH is 1. The third kappa shape index (κ3) is 4.23. The monoisotopic (exact) mass is 205 g/mol. The Morgan fingerprint density at radius 1 is 1.50 bits per heavy atom. The van der Waals surface area contributed by atoms with Gasteiger partial charge >= 0.3 is 6.09 Å². The number of nitrogens with zero attached hydrogens (tertiary/aromatic N) is 1. The van der Waals surface area contributed by atoms with Crippen LogP contribution in [0.1, 0.15) is 20.8 Å². The lowest BCUT2D eigenvalue weighted by Crippen LogP contribution is -2.45. The number of amides is 1. The molecule has 14 heavy (non-hydrogen) atoms. The number of rotatable bonds is 3. The van der Waals surface area contributed by atoms with Gasteiger partial charge in [-0.25, -0.2) is 9.18 Å². The maximum absolute atomic E-state index is 12.5. The first-order chi connectivity index (χ1) is 6.29. The summed E-state index contributed by atoms with van der Waals surface area (Å²) in [7, 11) is 0. The Balaban J connectivity index is 4.49. The van der Waals surface area contributed by atoms with E-state index in [1.807, 2.05) is 0 Å². The highest BCUT2D eigenvalue weighted by molar-refractivity contribution is 5.66. The number of carboxylic acid groups (broad SMARTS) is 1. The summed E-state index contributed by atoms with van der Waals surface area (Å²) in [6, 6.07) is 0. The lowest BCUT2D eigenvalue weighted by atomic mass is 10.1. The average Bonchev–Trinajstić information content (AvgIpc) is 2.01. The normalized spacial score (nSPS) is 12.8. The van der Waals surface area contributed by atoms with E-state index < -0.39 is 24.1 Å². The first-order valence-corrected chi connectivity index (χ1v) is 4.25. The summed E-state index contributed by atoms with van der Waals surface area (Å²) in [5.74, 6) is -0.722. The van der Waals surface area contributed by atoms with Gasteiger partial charge in [-0.15, -0.1) is 0 Å². The third-order valence-electron chi connectivity index (χ3n) is 1.69. The topological polar surface area (TPSA) is 60.8 Å². The molecule has 5 heteroatoms. The molecule has 0 aliphatic carbocycles. The molecule has 0 saturated carbocycles. The van der Waals surface area contributed by atoms with Gasteiger partial charge in [0.05, 0.1) is 6.61 Å². The molecule has 82 valence electrons. The lowest BCUT2D eigenvalue weighted by molar-refractivity contribution is 0.108. The fourth-order valence-electron chi connectivity index (χ4n) is 0.894. The summed E-state index contributed by atoms with van der Waals surface area (Å²) < 4.78 is 12.5. The predicted molar refractivity (Wildman–Crippen MR) is 50.8 cm³/mol. The largest absolute Gasteiger partial charge is 0.465 e. The summed E-state index contributed by atoms with van der Waals surface area (Å²) in [6.07, 6.45) is -0.0567. The molecule has 0 aliphatic heterocycles. The molecule has 0 aromatic rings. The second-order valence-electron chi connectivity index (χ2n) is 3.87. The molecule has 0 aromatic carbocycles. The van der Waals surface area contributed by atoms with Crippen LogP contribution in [0.2, 0.25) is 0 Å². The Labute approximate surface area is 82.6 Å². The molecule has 0 spiro atoms. The first-order valence-electron chi connectivity index (χ1n) is 4.25. The van der Waals surface area contributed by atoms with Gasteiger partial charge in [-0.05, 0) is 26.8 Å². The third-order valence-corrected chi connectivity index (χ3v) is 1.69. The van der Waals surface area contributed by atoms with Crippen LogP contribution in [0.3, 0.4) is 0 Å². The SMILES string of the molecule is CC(C)(C)N(C/C=C(\F)CO)C(=O)O. The summed E-state index contributed by atoms with van der Waals surface area (Å²) in [6.45, 7) is 4.38. The quantitative estimate of drug-likeness (QED) is 0.735. The van der Waals surface area contributed by atoms with Crippen molar-refractivity contribution in [2.45, 2.75) is 26.3 Å². The number of hydrogen-bond donors (Lipinski definition) is 2. The minimum atomic E-state index is -1.11. The Morgan fingerprint density at radius 3 is 2.29 bits per heavy atom. The highest BCUT2D eigenvalue weighted by Gasteiger charge is 2.24. The molecular weight excluding hydrogens is 189 g/mol. The molecule has 0 aromatic heterocycles. The molecule has 0 unspecified atom stereocenters. The molecule has 4 nitrogen and oxygen atoms in total. The van der Waals surface area contributed by atoms with Crippen LogP contribution in [0.5, 0.6) is 0 Å².